The Morgan fingerprint density at radius 2 is 2.17 bits per heavy atom. The Labute approximate surface area is 121 Å². The van der Waals surface area contributed by atoms with Crippen LogP contribution < -0.4 is 5.43 Å². The van der Waals surface area contributed by atoms with Crippen LogP contribution in [0, 0.1) is 0 Å². The van der Waals surface area contributed by atoms with Gasteiger partial charge in [0.25, 0.3) is 0 Å². The van der Waals surface area contributed by atoms with E-state index in [9.17, 15) is 4.79 Å². The van der Waals surface area contributed by atoms with E-state index in [2.05, 4.69) is 33.4 Å². The maximum atomic E-state index is 11.4. The molecule has 0 aliphatic heterocycles. The molecule has 3 nitrogen and oxygen atoms in total. The first-order valence-electron chi connectivity index (χ1n) is 6.29. The zero-order valence-electron chi connectivity index (χ0n) is 10.6. The second kappa shape index (κ2) is 9.28. The maximum absolute atomic E-state index is 11.4. The summed E-state index contributed by atoms with van der Waals surface area (Å²) < 4.78 is 1.06. The number of hydrogen-bond donors (Lipinski definition) is 1. The molecule has 0 unspecified atom stereocenters. The quantitative estimate of drug-likeness (QED) is 0.430. The van der Waals surface area contributed by atoms with Gasteiger partial charge in [0.2, 0.25) is 5.91 Å². The Bertz CT molecular complexity index is 390. The minimum Gasteiger partial charge on any atom is -0.273 e. The molecule has 0 aromatic carbocycles. The van der Waals surface area contributed by atoms with Gasteiger partial charge in [0.15, 0.2) is 0 Å². The van der Waals surface area contributed by atoms with Gasteiger partial charge in [-0.2, -0.15) is 5.10 Å². The van der Waals surface area contributed by atoms with Crippen molar-refractivity contribution in [3.63, 3.8) is 0 Å². The fourth-order valence-electron chi connectivity index (χ4n) is 1.51. The molecule has 1 N–H and O–H groups in total. The molecule has 0 aliphatic carbocycles. The number of nitrogens with one attached hydrogen (secondary N) is 1. The molecule has 0 radical (unpaired) electrons. The molecule has 1 aromatic heterocycles. The molecule has 0 fully saturated rings. The van der Waals surface area contributed by atoms with Crippen LogP contribution in [0.15, 0.2) is 21.0 Å². The summed E-state index contributed by atoms with van der Waals surface area (Å²) in [5, 5.41) is 3.93. The molecule has 0 spiro atoms. The molecule has 0 saturated heterocycles. The second-order valence-corrected chi connectivity index (χ2v) is 6.59. The molecule has 0 aliphatic rings. The lowest BCUT2D eigenvalue weighted by Gasteiger charge is -1.99. The van der Waals surface area contributed by atoms with Gasteiger partial charge in [0, 0.05) is 11.3 Å². The Morgan fingerprint density at radius 3 is 2.83 bits per heavy atom. The van der Waals surface area contributed by atoms with Crippen LogP contribution in [0.4, 0.5) is 0 Å². The Balaban J connectivity index is 2.11. The molecule has 0 atom stereocenters. The van der Waals surface area contributed by atoms with E-state index in [0.29, 0.717) is 6.42 Å². The van der Waals surface area contributed by atoms with E-state index in [4.69, 9.17) is 0 Å². The van der Waals surface area contributed by atoms with Crippen LogP contribution in [-0.2, 0) is 4.79 Å². The number of hydrogen-bond acceptors (Lipinski definition) is 3. The van der Waals surface area contributed by atoms with E-state index in [1.807, 2.05) is 12.1 Å². The van der Waals surface area contributed by atoms with Crippen molar-refractivity contribution in [2.75, 3.05) is 0 Å². The third-order valence-corrected chi connectivity index (χ3v) is 4.04. The molecule has 0 bridgehead atoms. The van der Waals surface area contributed by atoms with Crippen LogP contribution in [0.2, 0.25) is 0 Å². The number of hydrazone groups is 1. The summed E-state index contributed by atoms with van der Waals surface area (Å²) in [6, 6.07) is 3.91. The van der Waals surface area contributed by atoms with Gasteiger partial charge in [0.05, 0.1) is 10.0 Å². The molecule has 18 heavy (non-hydrogen) atoms. The zero-order valence-corrected chi connectivity index (χ0v) is 13.0. The smallest absolute Gasteiger partial charge is 0.240 e. The molecular weight excluding hydrogens is 312 g/mol. The first-order valence-corrected chi connectivity index (χ1v) is 7.90. The predicted molar refractivity (Wildman–Crippen MR) is 81.1 cm³/mol. The summed E-state index contributed by atoms with van der Waals surface area (Å²) in [7, 11) is 0. The first-order chi connectivity index (χ1) is 8.72. The van der Waals surface area contributed by atoms with Crippen molar-refractivity contribution < 1.29 is 4.79 Å². The molecule has 0 saturated carbocycles. The molecule has 1 aromatic rings. The highest BCUT2D eigenvalue weighted by molar-refractivity contribution is 9.11. The van der Waals surface area contributed by atoms with Crippen molar-refractivity contribution in [2.45, 2.75) is 45.4 Å². The summed E-state index contributed by atoms with van der Waals surface area (Å²) in [6.07, 6.45) is 8.02. The van der Waals surface area contributed by atoms with Crippen LogP contribution in [0.25, 0.3) is 0 Å². The molecule has 5 heteroatoms. The van der Waals surface area contributed by atoms with Crippen LogP contribution in [0.1, 0.15) is 50.3 Å². The summed E-state index contributed by atoms with van der Waals surface area (Å²) >= 11 is 4.96. The summed E-state index contributed by atoms with van der Waals surface area (Å²) in [4.78, 5) is 12.5. The maximum Gasteiger partial charge on any atom is 0.240 e. The van der Waals surface area contributed by atoms with E-state index >= 15 is 0 Å². The average molecular weight is 331 g/mol. The monoisotopic (exact) mass is 330 g/mol. The highest BCUT2D eigenvalue weighted by atomic mass is 79.9. The van der Waals surface area contributed by atoms with Gasteiger partial charge in [-0.15, -0.1) is 11.3 Å². The molecule has 1 heterocycles. The fourth-order valence-corrected chi connectivity index (χ4v) is 2.81. The molecule has 1 rings (SSSR count). The van der Waals surface area contributed by atoms with Crippen LogP contribution in [0.3, 0.4) is 0 Å². The van der Waals surface area contributed by atoms with Gasteiger partial charge < -0.3 is 0 Å². The topological polar surface area (TPSA) is 41.5 Å². The van der Waals surface area contributed by atoms with Crippen molar-refractivity contribution in [1.82, 2.24) is 5.43 Å². The fraction of sp³-hybridized carbons (Fsp3) is 0.538. The number of rotatable bonds is 8. The van der Waals surface area contributed by atoms with E-state index in [0.717, 1.165) is 21.5 Å². The van der Waals surface area contributed by atoms with Crippen LogP contribution in [0.5, 0.6) is 0 Å². The van der Waals surface area contributed by atoms with Crippen molar-refractivity contribution in [2.24, 2.45) is 5.10 Å². The van der Waals surface area contributed by atoms with E-state index in [1.165, 1.54) is 19.3 Å². The lowest BCUT2D eigenvalue weighted by Crippen LogP contribution is -2.16. The predicted octanol–water partition coefficient (Wildman–Crippen LogP) is 4.32. The number of thiophene rings is 1. The van der Waals surface area contributed by atoms with Crippen LogP contribution in [-0.4, -0.2) is 12.1 Å². The number of carbonyl (C=O) groups excluding carboxylic acids is 1. The Hall–Kier alpha value is -0.680. The summed E-state index contributed by atoms with van der Waals surface area (Å²) in [5.41, 5.74) is 2.55. The number of nitrogens with zero attached hydrogens (tertiary/aromatic N) is 1. The lowest BCUT2D eigenvalue weighted by atomic mass is 10.1. The largest absolute Gasteiger partial charge is 0.273 e. The van der Waals surface area contributed by atoms with Gasteiger partial charge in [-0.1, -0.05) is 32.6 Å². The third kappa shape index (κ3) is 6.91. The van der Waals surface area contributed by atoms with E-state index in [-0.39, 0.29) is 5.91 Å². The highest BCUT2D eigenvalue weighted by Gasteiger charge is 1.99. The zero-order chi connectivity index (χ0) is 13.2. The van der Waals surface area contributed by atoms with Crippen molar-refractivity contribution >= 4 is 39.4 Å². The van der Waals surface area contributed by atoms with Gasteiger partial charge in [-0.25, -0.2) is 5.43 Å². The van der Waals surface area contributed by atoms with Gasteiger partial charge in [-0.05, 0) is 34.5 Å². The van der Waals surface area contributed by atoms with Crippen LogP contribution >= 0.6 is 27.3 Å². The standard InChI is InChI=1S/C13H19BrN2OS/c1-2-3-4-5-6-7-13(17)16-15-10-11-8-9-12(14)18-11/h8-10H,2-7H2,1H3,(H,16,17). The highest BCUT2D eigenvalue weighted by Crippen LogP contribution is 2.20. The summed E-state index contributed by atoms with van der Waals surface area (Å²) in [6.45, 7) is 2.18. The van der Waals surface area contributed by atoms with Gasteiger partial charge in [0.1, 0.15) is 0 Å². The van der Waals surface area contributed by atoms with E-state index in [1.54, 1.807) is 17.6 Å². The number of amides is 1. The van der Waals surface area contributed by atoms with Crippen molar-refractivity contribution in [3.05, 3.63) is 20.8 Å². The third-order valence-electron chi connectivity index (χ3n) is 2.48. The van der Waals surface area contributed by atoms with Crippen molar-refractivity contribution in [1.29, 1.82) is 0 Å². The number of halogens is 1. The molecular formula is C13H19BrN2OS. The minimum absolute atomic E-state index is 0.00151. The molecule has 100 valence electrons. The number of carbonyl (C=O) groups is 1. The Kier molecular flexibility index (Phi) is 7.93. The van der Waals surface area contributed by atoms with Gasteiger partial charge >= 0.3 is 0 Å². The Morgan fingerprint density at radius 1 is 1.39 bits per heavy atom. The second-order valence-electron chi connectivity index (χ2n) is 4.10. The number of unbranched alkanes of at least 4 members (excludes halogenated alkanes) is 4. The average Bonchev–Trinajstić information content (AvgIpc) is 2.75. The van der Waals surface area contributed by atoms with Crippen molar-refractivity contribution in [3.8, 4) is 0 Å². The summed E-state index contributed by atoms with van der Waals surface area (Å²) in [5.74, 6) is -0.00151. The van der Waals surface area contributed by atoms with Gasteiger partial charge in [-0.3, -0.25) is 4.79 Å². The normalized spacial score (nSPS) is 11.0. The first kappa shape index (κ1) is 15.4. The minimum atomic E-state index is -0.00151. The lowest BCUT2D eigenvalue weighted by molar-refractivity contribution is -0.121. The SMILES string of the molecule is CCCCCCCC(=O)NN=Cc1ccc(Br)s1. The van der Waals surface area contributed by atoms with E-state index < -0.39 is 0 Å². The molecule has 1 amide bonds.